The molecular formula is C18H14F2N2S. The van der Waals surface area contributed by atoms with Gasteiger partial charge in [0.05, 0.1) is 5.69 Å². The molecule has 0 spiro atoms. The Morgan fingerprint density at radius 1 is 1.17 bits per heavy atom. The van der Waals surface area contributed by atoms with Crippen molar-refractivity contribution in [1.29, 1.82) is 0 Å². The summed E-state index contributed by atoms with van der Waals surface area (Å²) < 4.78 is 27.3. The van der Waals surface area contributed by atoms with E-state index in [0.29, 0.717) is 30.8 Å². The first-order valence-corrected chi connectivity index (χ1v) is 8.35. The van der Waals surface area contributed by atoms with Crippen molar-refractivity contribution in [2.75, 3.05) is 11.4 Å². The average Bonchev–Trinajstić information content (AvgIpc) is 3.19. The highest BCUT2D eigenvalue weighted by molar-refractivity contribution is 7.08. The SMILES string of the molecule is Fc1cc(F)c2c(c1)N(Cc1ccc(-c3ccsc3)nc1)CC2. The minimum atomic E-state index is -0.529. The van der Waals surface area contributed by atoms with E-state index in [0.717, 1.165) is 22.9 Å². The van der Waals surface area contributed by atoms with Gasteiger partial charge in [-0.2, -0.15) is 11.3 Å². The second-order valence-electron chi connectivity index (χ2n) is 5.62. The molecule has 0 saturated heterocycles. The lowest BCUT2D eigenvalue weighted by molar-refractivity contribution is 0.577. The number of anilines is 1. The summed E-state index contributed by atoms with van der Waals surface area (Å²) in [7, 11) is 0. The van der Waals surface area contributed by atoms with E-state index in [1.165, 1.54) is 6.07 Å². The Balaban J connectivity index is 1.56. The highest BCUT2D eigenvalue weighted by Crippen LogP contribution is 2.32. The van der Waals surface area contributed by atoms with E-state index in [4.69, 9.17) is 0 Å². The highest BCUT2D eigenvalue weighted by Gasteiger charge is 2.23. The van der Waals surface area contributed by atoms with Gasteiger partial charge in [-0.3, -0.25) is 4.98 Å². The number of hydrogen-bond donors (Lipinski definition) is 0. The standard InChI is InChI=1S/C18H14F2N2S/c19-14-7-16(20)15-3-5-22(18(15)8-14)10-12-1-2-17(21-9-12)13-4-6-23-11-13/h1-2,4,6-9,11H,3,5,10H2. The lowest BCUT2D eigenvalue weighted by Crippen LogP contribution is -2.19. The van der Waals surface area contributed by atoms with E-state index >= 15 is 0 Å². The molecule has 0 N–H and O–H groups in total. The monoisotopic (exact) mass is 328 g/mol. The van der Waals surface area contributed by atoms with Crippen molar-refractivity contribution >= 4 is 17.0 Å². The lowest BCUT2D eigenvalue weighted by Gasteiger charge is -2.19. The Bertz CT molecular complexity index is 829. The highest BCUT2D eigenvalue weighted by atomic mass is 32.1. The molecule has 3 aromatic rings. The van der Waals surface area contributed by atoms with Gasteiger partial charge in [-0.15, -0.1) is 0 Å². The molecule has 116 valence electrons. The number of pyridine rings is 1. The van der Waals surface area contributed by atoms with Crippen LogP contribution in [0.3, 0.4) is 0 Å². The first kappa shape index (κ1) is 14.3. The summed E-state index contributed by atoms with van der Waals surface area (Å²) >= 11 is 1.64. The minimum absolute atomic E-state index is 0.451. The number of nitrogens with zero attached hydrogens (tertiary/aromatic N) is 2. The Morgan fingerprint density at radius 2 is 2.09 bits per heavy atom. The molecule has 0 saturated carbocycles. The Labute approximate surface area is 137 Å². The molecule has 1 aliphatic rings. The molecule has 3 heterocycles. The van der Waals surface area contributed by atoms with Crippen molar-refractivity contribution in [1.82, 2.24) is 4.98 Å². The second kappa shape index (κ2) is 5.74. The van der Waals surface area contributed by atoms with E-state index in [9.17, 15) is 8.78 Å². The zero-order chi connectivity index (χ0) is 15.8. The molecule has 1 aliphatic heterocycles. The number of rotatable bonds is 3. The third kappa shape index (κ3) is 2.72. The molecule has 0 fully saturated rings. The van der Waals surface area contributed by atoms with Crippen LogP contribution >= 0.6 is 11.3 Å². The molecule has 0 unspecified atom stereocenters. The van der Waals surface area contributed by atoms with Crippen molar-refractivity contribution in [3.8, 4) is 11.3 Å². The molecule has 0 amide bonds. The van der Waals surface area contributed by atoms with Crippen LogP contribution in [-0.4, -0.2) is 11.5 Å². The average molecular weight is 328 g/mol. The van der Waals surface area contributed by atoms with Crippen LogP contribution in [0.5, 0.6) is 0 Å². The molecule has 0 radical (unpaired) electrons. The molecule has 5 heteroatoms. The number of thiophene rings is 1. The van der Waals surface area contributed by atoms with E-state index < -0.39 is 11.6 Å². The Kier molecular flexibility index (Phi) is 3.58. The van der Waals surface area contributed by atoms with Crippen LogP contribution in [0.2, 0.25) is 0 Å². The molecule has 1 aromatic carbocycles. The molecule has 23 heavy (non-hydrogen) atoms. The van der Waals surface area contributed by atoms with Crippen LogP contribution in [0, 0.1) is 11.6 Å². The van der Waals surface area contributed by atoms with E-state index in [-0.39, 0.29) is 0 Å². The Morgan fingerprint density at radius 3 is 2.83 bits per heavy atom. The maximum atomic E-state index is 13.8. The summed E-state index contributed by atoms with van der Waals surface area (Å²) in [6, 6.07) is 8.42. The fraction of sp³-hybridized carbons (Fsp3) is 0.167. The molecule has 0 bridgehead atoms. The third-order valence-electron chi connectivity index (χ3n) is 4.12. The molecule has 2 aromatic heterocycles. The van der Waals surface area contributed by atoms with Crippen LogP contribution in [-0.2, 0) is 13.0 Å². The minimum Gasteiger partial charge on any atom is -0.366 e. The molecule has 2 nitrogen and oxygen atoms in total. The van der Waals surface area contributed by atoms with Crippen molar-refractivity contribution in [3.63, 3.8) is 0 Å². The summed E-state index contributed by atoms with van der Waals surface area (Å²) in [6.07, 6.45) is 2.45. The van der Waals surface area contributed by atoms with Crippen molar-refractivity contribution in [2.24, 2.45) is 0 Å². The zero-order valence-corrected chi connectivity index (χ0v) is 13.1. The van der Waals surface area contributed by atoms with Gasteiger partial charge >= 0.3 is 0 Å². The van der Waals surface area contributed by atoms with Crippen LogP contribution < -0.4 is 4.90 Å². The largest absolute Gasteiger partial charge is 0.366 e. The van der Waals surface area contributed by atoms with Crippen LogP contribution in [0.4, 0.5) is 14.5 Å². The summed E-state index contributed by atoms with van der Waals surface area (Å²) in [5, 5.41) is 4.08. The molecule has 0 aliphatic carbocycles. The predicted molar refractivity (Wildman–Crippen MR) is 88.7 cm³/mol. The zero-order valence-electron chi connectivity index (χ0n) is 12.3. The lowest BCUT2D eigenvalue weighted by atomic mass is 10.1. The normalized spacial score (nSPS) is 13.4. The topological polar surface area (TPSA) is 16.1 Å². The Hall–Kier alpha value is -2.27. The van der Waals surface area contributed by atoms with Gasteiger partial charge < -0.3 is 4.90 Å². The quantitative estimate of drug-likeness (QED) is 0.696. The number of halogens is 2. The number of fused-ring (bicyclic) bond motifs is 1. The van der Waals surface area contributed by atoms with Gasteiger partial charge in [-0.25, -0.2) is 8.78 Å². The maximum absolute atomic E-state index is 13.8. The van der Waals surface area contributed by atoms with Gasteiger partial charge in [-0.05, 0) is 35.6 Å². The number of hydrogen-bond acceptors (Lipinski definition) is 3. The summed E-state index contributed by atoms with van der Waals surface area (Å²) in [6.45, 7) is 1.30. The van der Waals surface area contributed by atoms with Crippen LogP contribution in [0.1, 0.15) is 11.1 Å². The van der Waals surface area contributed by atoms with Gasteiger partial charge in [0, 0.05) is 47.5 Å². The van der Waals surface area contributed by atoms with E-state index in [1.54, 1.807) is 11.3 Å². The fourth-order valence-corrected chi connectivity index (χ4v) is 3.62. The summed E-state index contributed by atoms with van der Waals surface area (Å²) in [5.74, 6) is -0.979. The predicted octanol–water partition coefficient (Wildman–Crippen LogP) is 4.65. The number of benzene rings is 1. The third-order valence-corrected chi connectivity index (χ3v) is 4.81. The first-order chi connectivity index (χ1) is 11.2. The molecular weight excluding hydrogens is 314 g/mol. The molecule has 4 rings (SSSR count). The van der Waals surface area contributed by atoms with Crippen molar-refractivity contribution < 1.29 is 8.78 Å². The van der Waals surface area contributed by atoms with Crippen molar-refractivity contribution in [3.05, 3.63) is 70.1 Å². The van der Waals surface area contributed by atoms with Crippen LogP contribution in [0.15, 0.2) is 47.3 Å². The number of aromatic nitrogens is 1. The first-order valence-electron chi connectivity index (χ1n) is 7.41. The van der Waals surface area contributed by atoms with Gasteiger partial charge in [-0.1, -0.05) is 6.07 Å². The van der Waals surface area contributed by atoms with E-state index in [2.05, 4.69) is 10.4 Å². The smallest absolute Gasteiger partial charge is 0.131 e. The van der Waals surface area contributed by atoms with Gasteiger partial charge in [0.15, 0.2) is 0 Å². The molecule has 0 atom stereocenters. The van der Waals surface area contributed by atoms with Gasteiger partial charge in [0.1, 0.15) is 11.6 Å². The van der Waals surface area contributed by atoms with Crippen LogP contribution in [0.25, 0.3) is 11.3 Å². The maximum Gasteiger partial charge on any atom is 0.131 e. The van der Waals surface area contributed by atoms with E-state index in [1.807, 2.05) is 34.7 Å². The van der Waals surface area contributed by atoms with Gasteiger partial charge in [0.2, 0.25) is 0 Å². The fourth-order valence-electron chi connectivity index (χ4n) is 2.97. The van der Waals surface area contributed by atoms with Gasteiger partial charge in [0.25, 0.3) is 0 Å². The summed E-state index contributed by atoms with van der Waals surface area (Å²) in [4.78, 5) is 6.49. The second-order valence-corrected chi connectivity index (χ2v) is 6.40. The summed E-state index contributed by atoms with van der Waals surface area (Å²) in [5.41, 5.74) is 4.34. The van der Waals surface area contributed by atoms with Crippen molar-refractivity contribution in [2.45, 2.75) is 13.0 Å².